The Labute approximate surface area is 147 Å². The predicted octanol–water partition coefficient (Wildman–Crippen LogP) is 4.22. The summed E-state index contributed by atoms with van der Waals surface area (Å²) in [6.07, 6.45) is -4.47. The summed E-state index contributed by atoms with van der Waals surface area (Å²) in [5, 5.41) is 3.54. The zero-order valence-electron chi connectivity index (χ0n) is 13.6. The predicted molar refractivity (Wildman–Crippen MR) is 89.5 cm³/mol. The number of hydrogen-bond donors (Lipinski definition) is 1. The van der Waals surface area contributed by atoms with Crippen molar-refractivity contribution in [3.8, 4) is 0 Å². The van der Waals surface area contributed by atoms with Crippen LogP contribution in [0.1, 0.15) is 17.4 Å². The number of para-hydroxylation sites is 1. The number of alkyl halides is 3. The van der Waals surface area contributed by atoms with Crippen molar-refractivity contribution in [1.82, 2.24) is 5.32 Å². The number of nitrogens with one attached hydrogen (secondary N) is 1. The molecule has 0 aliphatic rings. The molecule has 0 saturated carbocycles. The first-order chi connectivity index (χ1) is 12.4. The van der Waals surface area contributed by atoms with Crippen molar-refractivity contribution < 1.29 is 27.1 Å². The zero-order valence-corrected chi connectivity index (χ0v) is 13.6. The molecule has 0 bridgehead atoms. The van der Waals surface area contributed by atoms with Gasteiger partial charge in [-0.25, -0.2) is 0 Å². The van der Waals surface area contributed by atoms with Crippen LogP contribution in [0.2, 0.25) is 0 Å². The first-order valence-corrected chi connectivity index (χ1v) is 7.90. The number of fused-ring (bicyclic) bond motifs is 1. The van der Waals surface area contributed by atoms with Crippen molar-refractivity contribution in [2.45, 2.75) is 12.2 Å². The minimum Gasteiger partial charge on any atom is -0.459 e. The minimum atomic E-state index is -4.47. The van der Waals surface area contributed by atoms with Gasteiger partial charge in [0.15, 0.2) is 0 Å². The standard InChI is InChI=1S/C19H16F3NO3/c20-19(21,22)12-25-11-17(24)23-18(13-6-2-1-3-7-13)16-10-14-8-4-5-9-15(14)26-16/h1-10,18H,11-12H2,(H,23,24)/t18-/m1/s1. The third-order valence-electron chi connectivity index (χ3n) is 3.67. The SMILES string of the molecule is O=C(COCC(F)(F)F)N[C@H](c1ccccc1)c1cc2ccccc2o1. The van der Waals surface area contributed by atoms with E-state index in [2.05, 4.69) is 10.1 Å². The Morgan fingerprint density at radius 1 is 1.08 bits per heavy atom. The molecule has 2 aromatic carbocycles. The van der Waals surface area contributed by atoms with Gasteiger partial charge in [-0.15, -0.1) is 0 Å². The zero-order chi connectivity index (χ0) is 18.6. The van der Waals surface area contributed by atoms with E-state index in [1.165, 1.54) is 0 Å². The number of rotatable bonds is 6. The summed E-state index contributed by atoms with van der Waals surface area (Å²) in [6.45, 7) is -2.16. The third kappa shape index (κ3) is 4.64. The molecule has 1 amide bonds. The molecule has 0 fully saturated rings. The highest BCUT2D eigenvalue weighted by atomic mass is 19.4. The van der Waals surface area contributed by atoms with Gasteiger partial charge in [0.05, 0.1) is 0 Å². The highest BCUT2D eigenvalue weighted by Crippen LogP contribution is 2.28. The van der Waals surface area contributed by atoms with Crippen LogP contribution in [0.3, 0.4) is 0 Å². The van der Waals surface area contributed by atoms with Crippen molar-refractivity contribution in [3.63, 3.8) is 0 Å². The van der Waals surface area contributed by atoms with Gasteiger partial charge < -0.3 is 14.5 Å². The molecule has 1 N–H and O–H groups in total. The fourth-order valence-corrected chi connectivity index (χ4v) is 2.57. The topological polar surface area (TPSA) is 51.5 Å². The molecule has 26 heavy (non-hydrogen) atoms. The molecule has 3 aromatic rings. The Morgan fingerprint density at radius 3 is 2.46 bits per heavy atom. The fraction of sp³-hybridized carbons (Fsp3) is 0.211. The maximum absolute atomic E-state index is 12.1. The summed E-state index contributed by atoms with van der Waals surface area (Å²) in [6, 6.07) is 17.6. The Morgan fingerprint density at radius 2 is 1.77 bits per heavy atom. The summed E-state index contributed by atoms with van der Waals surface area (Å²) in [5.41, 5.74) is 1.40. The summed E-state index contributed by atoms with van der Waals surface area (Å²) in [7, 11) is 0. The maximum atomic E-state index is 12.1. The van der Waals surface area contributed by atoms with Crippen LogP contribution in [0.4, 0.5) is 13.2 Å². The number of carbonyl (C=O) groups excluding carboxylic acids is 1. The first kappa shape index (κ1) is 18.0. The van der Waals surface area contributed by atoms with E-state index in [1.54, 1.807) is 36.4 Å². The highest BCUT2D eigenvalue weighted by Gasteiger charge is 2.28. The number of ether oxygens (including phenoxy) is 1. The van der Waals surface area contributed by atoms with Gasteiger partial charge in [0.25, 0.3) is 0 Å². The Kier molecular flexibility index (Phi) is 5.27. The van der Waals surface area contributed by atoms with E-state index >= 15 is 0 Å². The molecular formula is C19H16F3NO3. The van der Waals surface area contributed by atoms with E-state index in [1.807, 2.05) is 24.3 Å². The molecule has 1 aromatic heterocycles. The minimum absolute atomic E-state index is 0.488. The average molecular weight is 363 g/mol. The quantitative estimate of drug-likeness (QED) is 0.714. The summed E-state index contributed by atoms with van der Waals surface area (Å²) in [5.74, 6) is -0.176. The summed E-state index contributed by atoms with van der Waals surface area (Å²) in [4.78, 5) is 12.1. The highest BCUT2D eigenvalue weighted by molar-refractivity contribution is 5.80. The van der Waals surface area contributed by atoms with Gasteiger partial charge in [0.1, 0.15) is 30.6 Å². The second kappa shape index (κ2) is 7.61. The van der Waals surface area contributed by atoms with Crippen LogP contribution in [0.15, 0.2) is 65.1 Å². The van der Waals surface area contributed by atoms with Gasteiger partial charge in [-0.3, -0.25) is 4.79 Å². The number of amides is 1. The van der Waals surface area contributed by atoms with Gasteiger partial charge in [-0.05, 0) is 17.7 Å². The van der Waals surface area contributed by atoms with Crippen LogP contribution in [-0.4, -0.2) is 25.3 Å². The maximum Gasteiger partial charge on any atom is 0.411 e. The number of carbonyl (C=O) groups is 1. The lowest BCUT2D eigenvalue weighted by Crippen LogP contribution is -2.33. The molecule has 0 saturated heterocycles. The van der Waals surface area contributed by atoms with Gasteiger partial charge in [-0.2, -0.15) is 13.2 Å². The van der Waals surface area contributed by atoms with Crippen LogP contribution < -0.4 is 5.32 Å². The van der Waals surface area contributed by atoms with E-state index in [4.69, 9.17) is 4.42 Å². The van der Waals surface area contributed by atoms with E-state index in [9.17, 15) is 18.0 Å². The van der Waals surface area contributed by atoms with Crippen LogP contribution in [0.25, 0.3) is 11.0 Å². The smallest absolute Gasteiger partial charge is 0.411 e. The average Bonchev–Trinajstić information content (AvgIpc) is 3.03. The van der Waals surface area contributed by atoms with E-state index in [0.717, 1.165) is 10.9 Å². The van der Waals surface area contributed by atoms with Crippen molar-refractivity contribution in [3.05, 3.63) is 72.0 Å². The number of hydrogen-bond acceptors (Lipinski definition) is 3. The third-order valence-corrected chi connectivity index (χ3v) is 3.67. The molecule has 7 heteroatoms. The molecule has 0 unspecified atom stereocenters. The molecule has 0 spiro atoms. The largest absolute Gasteiger partial charge is 0.459 e. The Bertz CT molecular complexity index is 841. The molecule has 4 nitrogen and oxygen atoms in total. The fourth-order valence-electron chi connectivity index (χ4n) is 2.57. The number of furan rings is 1. The Balaban J connectivity index is 1.79. The summed E-state index contributed by atoms with van der Waals surface area (Å²) >= 11 is 0. The Hall–Kier alpha value is -2.80. The second-order valence-corrected chi connectivity index (χ2v) is 5.71. The second-order valence-electron chi connectivity index (χ2n) is 5.71. The van der Waals surface area contributed by atoms with E-state index in [-0.39, 0.29) is 0 Å². The normalized spacial score (nSPS) is 12.9. The molecule has 1 heterocycles. The monoisotopic (exact) mass is 363 g/mol. The number of benzene rings is 2. The van der Waals surface area contributed by atoms with Gasteiger partial charge in [0.2, 0.25) is 5.91 Å². The molecule has 1 atom stereocenters. The molecular weight excluding hydrogens is 347 g/mol. The van der Waals surface area contributed by atoms with E-state index in [0.29, 0.717) is 11.3 Å². The summed E-state index contributed by atoms with van der Waals surface area (Å²) < 4.78 is 46.7. The van der Waals surface area contributed by atoms with Crippen LogP contribution in [0, 0.1) is 0 Å². The first-order valence-electron chi connectivity index (χ1n) is 7.90. The molecule has 0 aliphatic heterocycles. The van der Waals surface area contributed by atoms with Gasteiger partial charge in [-0.1, -0.05) is 48.5 Å². The van der Waals surface area contributed by atoms with E-state index < -0.39 is 31.3 Å². The molecule has 0 aliphatic carbocycles. The molecule has 136 valence electrons. The van der Waals surface area contributed by atoms with Gasteiger partial charge >= 0.3 is 6.18 Å². The van der Waals surface area contributed by atoms with Crippen LogP contribution in [0.5, 0.6) is 0 Å². The van der Waals surface area contributed by atoms with Crippen LogP contribution in [-0.2, 0) is 9.53 Å². The molecule has 0 radical (unpaired) electrons. The lowest BCUT2D eigenvalue weighted by molar-refractivity contribution is -0.175. The lowest BCUT2D eigenvalue weighted by atomic mass is 10.0. The van der Waals surface area contributed by atoms with Crippen molar-refractivity contribution >= 4 is 16.9 Å². The van der Waals surface area contributed by atoms with Gasteiger partial charge in [0, 0.05) is 5.39 Å². The van der Waals surface area contributed by atoms with Crippen molar-refractivity contribution in [2.75, 3.05) is 13.2 Å². The molecule has 3 rings (SSSR count). The van der Waals surface area contributed by atoms with Crippen molar-refractivity contribution in [2.24, 2.45) is 0 Å². The lowest BCUT2D eigenvalue weighted by Gasteiger charge is -2.17. The van der Waals surface area contributed by atoms with Crippen molar-refractivity contribution in [1.29, 1.82) is 0 Å². The number of halogens is 3. The van der Waals surface area contributed by atoms with Crippen LogP contribution >= 0.6 is 0 Å².